The van der Waals surface area contributed by atoms with Crippen molar-refractivity contribution in [1.29, 1.82) is 0 Å². The maximum atomic E-state index is 14.0. The predicted octanol–water partition coefficient (Wildman–Crippen LogP) is 3.04. The van der Waals surface area contributed by atoms with Gasteiger partial charge >= 0.3 is 0 Å². The minimum absolute atomic E-state index is 0.227. The number of halogens is 2. The zero-order valence-corrected chi connectivity index (χ0v) is 16.0. The molecule has 0 bridgehead atoms. The van der Waals surface area contributed by atoms with Gasteiger partial charge in [-0.25, -0.2) is 9.40 Å². The summed E-state index contributed by atoms with van der Waals surface area (Å²) < 4.78 is 17.4. The average Bonchev–Trinajstić information content (AvgIpc) is 3.32. The van der Waals surface area contributed by atoms with Crippen LogP contribution in [0.25, 0.3) is 0 Å². The molecule has 140 valence electrons. The number of anilines is 1. The van der Waals surface area contributed by atoms with Gasteiger partial charge in [-0.15, -0.1) is 0 Å². The lowest BCUT2D eigenvalue weighted by Crippen LogP contribution is -2.32. The molecule has 10 heteroatoms. The van der Waals surface area contributed by atoms with Gasteiger partial charge in [-0.3, -0.25) is 9.36 Å². The minimum atomic E-state index is -0.378. The molecule has 2 aromatic heterocycles. The summed E-state index contributed by atoms with van der Waals surface area (Å²) in [4.78, 5) is 0. The van der Waals surface area contributed by atoms with Crippen molar-refractivity contribution in [3.63, 3.8) is 0 Å². The summed E-state index contributed by atoms with van der Waals surface area (Å²) in [6.45, 7) is 2.71. The summed E-state index contributed by atoms with van der Waals surface area (Å²) in [6, 6.07) is 8.34. The van der Waals surface area contributed by atoms with E-state index in [1.165, 1.54) is 17.8 Å². The fourth-order valence-electron chi connectivity index (χ4n) is 2.74. The number of nitrogens with zero attached hydrogens (tertiary/aromatic N) is 6. The number of aryl methyl sites for hydroxylation is 1. The molecule has 4 rings (SSSR count). The molecule has 0 aliphatic carbocycles. The lowest BCUT2D eigenvalue weighted by Gasteiger charge is -2.15. The lowest BCUT2D eigenvalue weighted by atomic mass is 10.2. The fourth-order valence-corrected chi connectivity index (χ4v) is 3.84. The number of benzene rings is 1. The predicted molar refractivity (Wildman–Crippen MR) is 105 cm³/mol. The van der Waals surface area contributed by atoms with Crippen molar-refractivity contribution in [1.82, 2.24) is 19.6 Å². The Morgan fingerprint density at radius 3 is 2.67 bits per heavy atom. The maximum Gasteiger partial charge on any atom is 0.173 e. The molecule has 0 amide bonds. The van der Waals surface area contributed by atoms with Crippen LogP contribution >= 0.6 is 23.4 Å². The van der Waals surface area contributed by atoms with Gasteiger partial charge in [0, 0.05) is 29.0 Å². The maximum absolute atomic E-state index is 14.0. The van der Waals surface area contributed by atoms with Crippen LogP contribution in [-0.4, -0.2) is 30.1 Å². The molecule has 1 atom stereocenters. The van der Waals surface area contributed by atoms with Gasteiger partial charge in [0.25, 0.3) is 0 Å². The van der Waals surface area contributed by atoms with Crippen molar-refractivity contribution in [3.8, 4) is 0 Å². The van der Waals surface area contributed by atoms with Crippen LogP contribution in [0, 0.1) is 12.7 Å². The summed E-state index contributed by atoms with van der Waals surface area (Å²) in [6.07, 6.45) is 3.65. The van der Waals surface area contributed by atoms with Crippen LogP contribution < -0.4 is 10.7 Å². The quantitative estimate of drug-likeness (QED) is 0.706. The Labute approximate surface area is 164 Å². The second kappa shape index (κ2) is 7.34. The molecule has 0 saturated heterocycles. The van der Waals surface area contributed by atoms with Crippen LogP contribution in [0.1, 0.15) is 11.3 Å². The number of hydrogen-bond acceptors (Lipinski definition) is 6. The van der Waals surface area contributed by atoms with Gasteiger partial charge in [0.2, 0.25) is 0 Å². The van der Waals surface area contributed by atoms with E-state index in [1.54, 1.807) is 34.1 Å². The van der Waals surface area contributed by atoms with E-state index in [4.69, 9.17) is 17.3 Å². The van der Waals surface area contributed by atoms with Crippen molar-refractivity contribution >= 4 is 34.2 Å². The van der Waals surface area contributed by atoms with Crippen molar-refractivity contribution in [2.45, 2.75) is 25.5 Å². The molecule has 0 radical (unpaired) electrons. The van der Waals surface area contributed by atoms with Gasteiger partial charge in [0.1, 0.15) is 10.9 Å². The number of aromatic nitrogens is 4. The van der Waals surface area contributed by atoms with E-state index in [2.05, 4.69) is 15.3 Å². The molecule has 0 fully saturated rings. The fraction of sp³-hybridized carbons (Fsp3) is 0.235. The lowest BCUT2D eigenvalue weighted by molar-refractivity contribution is 0.584. The third-order valence-electron chi connectivity index (χ3n) is 4.03. The number of thioether (sulfide) groups is 1. The first-order valence-corrected chi connectivity index (χ1v) is 9.51. The first kappa shape index (κ1) is 18.0. The Bertz CT molecular complexity index is 979. The van der Waals surface area contributed by atoms with Crippen molar-refractivity contribution in [3.05, 3.63) is 64.8 Å². The van der Waals surface area contributed by atoms with Gasteiger partial charge in [-0.05, 0) is 25.1 Å². The van der Waals surface area contributed by atoms with Crippen molar-refractivity contribution in [2.24, 2.45) is 10.8 Å². The summed E-state index contributed by atoms with van der Waals surface area (Å²) >= 11 is 7.54. The topological polar surface area (TPSA) is 77.3 Å². The SMILES string of the molecule is Cc1ccn(CC2=NN(c3ccn(Cc4c(F)cccc4Cl)n3)C(N)S2)n1. The van der Waals surface area contributed by atoms with E-state index in [1.807, 2.05) is 23.9 Å². The molecule has 1 aliphatic heterocycles. The van der Waals surface area contributed by atoms with Gasteiger partial charge in [0.05, 0.1) is 18.8 Å². The van der Waals surface area contributed by atoms with E-state index >= 15 is 0 Å². The molecule has 7 nitrogen and oxygen atoms in total. The zero-order valence-electron chi connectivity index (χ0n) is 14.5. The smallest absolute Gasteiger partial charge is 0.173 e. The molecule has 0 saturated carbocycles. The molecule has 1 aromatic carbocycles. The Morgan fingerprint density at radius 1 is 1.15 bits per heavy atom. The molecule has 0 spiro atoms. The average molecular weight is 406 g/mol. The molecular formula is C17H17ClFN7S. The summed E-state index contributed by atoms with van der Waals surface area (Å²) in [5.41, 5.74) is 7.15. The first-order valence-electron chi connectivity index (χ1n) is 8.25. The van der Waals surface area contributed by atoms with Crippen molar-refractivity contribution < 1.29 is 4.39 Å². The van der Waals surface area contributed by atoms with Crippen LogP contribution in [0.5, 0.6) is 0 Å². The Morgan fingerprint density at radius 2 is 1.93 bits per heavy atom. The van der Waals surface area contributed by atoms with E-state index in [-0.39, 0.29) is 17.9 Å². The summed E-state index contributed by atoms with van der Waals surface area (Å²) in [5.74, 6) is 0.233. The van der Waals surface area contributed by atoms with Crippen LogP contribution in [0.3, 0.4) is 0 Å². The van der Waals surface area contributed by atoms with E-state index in [0.717, 1.165) is 10.7 Å². The molecule has 1 aliphatic rings. The summed E-state index contributed by atoms with van der Waals surface area (Å²) in [7, 11) is 0. The molecule has 2 N–H and O–H groups in total. The van der Waals surface area contributed by atoms with Crippen LogP contribution in [0.15, 0.2) is 47.8 Å². The minimum Gasteiger partial charge on any atom is -0.301 e. The standard InChI is InChI=1S/C17H17ClFN7S/c1-11-5-7-25(21-11)10-16-23-26(17(20)27-16)15-6-8-24(22-15)9-12-13(18)3-2-4-14(12)19/h2-8,17H,9-10,20H2,1H3. The molecule has 3 heterocycles. The highest BCUT2D eigenvalue weighted by Crippen LogP contribution is 2.28. The second-order valence-electron chi connectivity index (χ2n) is 6.07. The summed E-state index contributed by atoms with van der Waals surface area (Å²) in [5, 5.41) is 16.2. The highest BCUT2D eigenvalue weighted by atomic mass is 35.5. The highest BCUT2D eigenvalue weighted by Gasteiger charge is 2.27. The Hall–Kier alpha value is -2.36. The monoisotopic (exact) mass is 405 g/mol. The number of hydrazone groups is 1. The van der Waals surface area contributed by atoms with Crippen LogP contribution in [0.2, 0.25) is 5.02 Å². The van der Waals surface area contributed by atoms with Gasteiger partial charge < -0.3 is 5.73 Å². The Kier molecular flexibility index (Phi) is 4.90. The normalized spacial score (nSPS) is 16.8. The van der Waals surface area contributed by atoms with Crippen molar-refractivity contribution in [2.75, 3.05) is 5.01 Å². The van der Waals surface area contributed by atoms with Crippen LogP contribution in [0.4, 0.5) is 10.2 Å². The van der Waals surface area contributed by atoms with Crippen LogP contribution in [-0.2, 0) is 13.1 Å². The zero-order chi connectivity index (χ0) is 19.0. The number of rotatable bonds is 5. The van der Waals surface area contributed by atoms with E-state index < -0.39 is 0 Å². The van der Waals surface area contributed by atoms with E-state index in [0.29, 0.717) is 22.9 Å². The van der Waals surface area contributed by atoms with Gasteiger partial charge in [-0.2, -0.15) is 15.3 Å². The number of hydrogen-bond donors (Lipinski definition) is 1. The Balaban J connectivity index is 1.50. The largest absolute Gasteiger partial charge is 0.301 e. The molecule has 27 heavy (non-hydrogen) atoms. The third kappa shape index (κ3) is 3.85. The van der Waals surface area contributed by atoms with Gasteiger partial charge in [-0.1, -0.05) is 29.4 Å². The van der Waals surface area contributed by atoms with Gasteiger partial charge in [0.15, 0.2) is 11.3 Å². The third-order valence-corrected chi connectivity index (χ3v) is 5.31. The first-order chi connectivity index (χ1) is 13.0. The second-order valence-corrected chi connectivity index (χ2v) is 7.67. The van der Waals surface area contributed by atoms with E-state index in [9.17, 15) is 4.39 Å². The molecule has 1 unspecified atom stereocenters. The highest BCUT2D eigenvalue weighted by molar-refractivity contribution is 8.14. The molecule has 3 aromatic rings. The molecular weight excluding hydrogens is 389 g/mol. The number of nitrogens with two attached hydrogens (primary N) is 1.